The van der Waals surface area contributed by atoms with E-state index in [-0.39, 0.29) is 0 Å². The summed E-state index contributed by atoms with van der Waals surface area (Å²) in [6, 6.07) is 0. The Balaban J connectivity index is 1.72. The fourth-order valence-electron chi connectivity index (χ4n) is 5.81. The zero-order valence-electron chi connectivity index (χ0n) is 28.2. The highest BCUT2D eigenvalue weighted by atomic mass is 16.8. The van der Waals surface area contributed by atoms with Crippen LogP contribution < -0.4 is 0 Å². The van der Waals surface area contributed by atoms with Crippen LogP contribution in [0.1, 0.15) is 67.2 Å². The molecule has 3 aliphatic rings. The van der Waals surface area contributed by atoms with E-state index < -0.39 is 104 Å². The van der Waals surface area contributed by atoms with Gasteiger partial charge in [0.1, 0.15) is 61.0 Å². The van der Waals surface area contributed by atoms with Gasteiger partial charge in [-0.2, -0.15) is 0 Å². The molecule has 14 heteroatoms. The predicted molar refractivity (Wildman–Crippen MR) is 168 cm³/mol. The highest BCUT2D eigenvalue weighted by Gasteiger charge is 2.53. The van der Waals surface area contributed by atoms with Crippen LogP contribution in [0.5, 0.6) is 0 Å². The Morgan fingerprint density at radius 3 is 1.87 bits per heavy atom. The van der Waals surface area contributed by atoms with Gasteiger partial charge in [-0.1, -0.05) is 29.4 Å². The lowest BCUT2D eigenvalue weighted by Crippen LogP contribution is -2.66. The van der Waals surface area contributed by atoms with Crippen LogP contribution in [-0.2, 0) is 28.4 Å². The van der Waals surface area contributed by atoms with Gasteiger partial charge in [0.2, 0.25) is 0 Å². The van der Waals surface area contributed by atoms with Crippen LogP contribution in [0, 0.1) is 0 Å². The van der Waals surface area contributed by atoms with Gasteiger partial charge in [0.25, 0.3) is 0 Å². The third-order valence-corrected chi connectivity index (χ3v) is 9.03. The molecule has 0 aromatic rings. The molecule has 0 aromatic heterocycles. The van der Waals surface area contributed by atoms with Crippen molar-refractivity contribution in [3.05, 3.63) is 36.0 Å². The van der Waals surface area contributed by atoms with Crippen molar-refractivity contribution >= 4 is 0 Å². The lowest BCUT2D eigenvalue weighted by Gasteiger charge is -2.48. The molecule has 0 saturated carbocycles. The van der Waals surface area contributed by atoms with Gasteiger partial charge < -0.3 is 69.3 Å². The Kier molecular flexibility index (Phi) is 15.0. The highest BCUT2D eigenvalue weighted by Crippen LogP contribution is 2.34. The lowest BCUT2D eigenvalue weighted by atomic mass is 9.95. The zero-order valence-corrected chi connectivity index (χ0v) is 28.2. The topological polar surface area (TPSA) is 217 Å². The van der Waals surface area contributed by atoms with E-state index in [1.165, 1.54) is 25.0 Å². The minimum absolute atomic E-state index is 0.474. The maximum absolute atomic E-state index is 11.1. The number of allylic oxidation sites excluding steroid dienone is 4. The molecule has 0 amide bonds. The minimum atomic E-state index is -1.77. The van der Waals surface area contributed by atoms with Gasteiger partial charge in [-0.3, -0.25) is 0 Å². The second-order valence-corrected chi connectivity index (χ2v) is 13.3. The van der Waals surface area contributed by atoms with E-state index in [1.54, 1.807) is 13.0 Å². The molecule has 3 aliphatic heterocycles. The molecule has 16 unspecified atom stereocenters. The number of hydrogen-bond donors (Lipinski definition) is 8. The van der Waals surface area contributed by atoms with Crippen LogP contribution in [0.2, 0.25) is 0 Å². The minimum Gasteiger partial charge on any atom is -0.394 e. The quantitative estimate of drug-likeness (QED) is 0.113. The molecule has 3 rings (SSSR count). The normalized spacial score (nSPS) is 42.9. The van der Waals surface area contributed by atoms with Crippen LogP contribution in [-0.4, -0.2) is 145 Å². The Morgan fingerprint density at radius 2 is 1.28 bits per heavy atom. The number of hydrogen-bond acceptors (Lipinski definition) is 14. The van der Waals surface area contributed by atoms with Gasteiger partial charge >= 0.3 is 0 Å². The van der Waals surface area contributed by atoms with Crippen molar-refractivity contribution in [2.75, 3.05) is 6.61 Å². The summed E-state index contributed by atoms with van der Waals surface area (Å²) < 4.78 is 35.0. The lowest BCUT2D eigenvalue weighted by molar-refractivity contribution is -0.385. The van der Waals surface area contributed by atoms with Crippen molar-refractivity contribution in [2.45, 2.75) is 165 Å². The third kappa shape index (κ3) is 10.1. The van der Waals surface area contributed by atoms with Gasteiger partial charge in [0.05, 0.1) is 24.4 Å². The van der Waals surface area contributed by atoms with Gasteiger partial charge in [-0.25, -0.2) is 0 Å². The first kappa shape index (κ1) is 40.1. The predicted octanol–water partition coefficient (Wildman–Crippen LogP) is -0.0759. The standard InChI is InChI=1S/C33H56O14/c1-8-33(7,14-10-13-17(4)12-9-11-16(2)3)47-32-29(24(38)22(36)20(15-34)44-32)46-31-27(41)25(39)28(19(6)43-31)45-30-26(40)23(37)21(35)18(5)42-30/h8,11,13,18-32,34-41H,1,9-10,12,14-15H2,2-7H3/b17-13+. The maximum Gasteiger partial charge on any atom is 0.188 e. The molecule has 0 spiro atoms. The number of aliphatic hydroxyl groups excluding tert-OH is 8. The van der Waals surface area contributed by atoms with Crippen molar-refractivity contribution in [3.8, 4) is 0 Å². The molecular formula is C33H56O14. The summed E-state index contributed by atoms with van der Waals surface area (Å²) in [7, 11) is 0. The van der Waals surface area contributed by atoms with E-state index in [4.69, 9.17) is 28.4 Å². The van der Waals surface area contributed by atoms with E-state index in [9.17, 15) is 40.9 Å². The van der Waals surface area contributed by atoms with Crippen LogP contribution in [0.25, 0.3) is 0 Å². The Labute approximate surface area is 276 Å². The Morgan fingerprint density at radius 1 is 0.702 bits per heavy atom. The highest BCUT2D eigenvalue weighted by molar-refractivity contribution is 5.05. The summed E-state index contributed by atoms with van der Waals surface area (Å²) in [6.45, 7) is 14.2. The molecule has 272 valence electrons. The molecule has 0 aliphatic carbocycles. The monoisotopic (exact) mass is 676 g/mol. The van der Waals surface area contributed by atoms with Crippen LogP contribution >= 0.6 is 0 Å². The maximum atomic E-state index is 11.1. The fourth-order valence-corrected chi connectivity index (χ4v) is 5.81. The van der Waals surface area contributed by atoms with Crippen LogP contribution in [0.4, 0.5) is 0 Å². The van der Waals surface area contributed by atoms with E-state index >= 15 is 0 Å². The molecule has 8 N–H and O–H groups in total. The number of aliphatic hydroxyl groups is 8. The molecule has 0 bridgehead atoms. The van der Waals surface area contributed by atoms with Crippen molar-refractivity contribution in [2.24, 2.45) is 0 Å². The summed E-state index contributed by atoms with van der Waals surface area (Å²) >= 11 is 0. The first-order valence-electron chi connectivity index (χ1n) is 16.3. The van der Waals surface area contributed by atoms with E-state index in [2.05, 4.69) is 39.5 Å². The number of rotatable bonds is 14. The van der Waals surface area contributed by atoms with Crippen molar-refractivity contribution in [1.29, 1.82) is 0 Å². The molecular weight excluding hydrogens is 620 g/mol. The zero-order chi connectivity index (χ0) is 35.2. The molecule has 16 atom stereocenters. The van der Waals surface area contributed by atoms with Gasteiger partial charge in [-0.05, 0) is 67.2 Å². The molecule has 0 aromatic carbocycles. The molecule has 14 nitrogen and oxygen atoms in total. The molecule has 3 saturated heterocycles. The molecule has 3 heterocycles. The third-order valence-electron chi connectivity index (χ3n) is 9.03. The summed E-state index contributed by atoms with van der Waals surface area (Å²) in [5.74, 6) is 0. The first-order chi connectivity index (χ1) is 22.0. The van der Waals surface area contributed by atoms with Gasteiger partial charge in [-0.15, -0.1) is 6.58 Å². The summed E-state index contributed by atoms with van der Waals surface area (Å²) in [6.07, 6.45) is -12.6. The van der Waals surface area contributed by atoms with Gasteiger partial charge in [0.15, 0.2) is 18.9 Å². The van der Waals surface area contributed by atoms with Gasteiger partial charge in [0, 0.05) is 0 Å². The largest absolute Gasteiger partial charge is 0.394 e. The molecule has 47 heavy (non-hydrogen) atoms. The smallest absolute Gasteiger partial charge is 0.188 e. The Hall–Kier alpha value is -1.34. The van der Waals surface area contributed by atoms with Crippen LogP contribution in [0.3, 0.4) is 0 Å². The average Bonchev–Trinajstić information content (AvgIpc) is 3.02. The summed E-state index contributed by atoms with van der Waals surface area (Å²) in [4.78, 5) is 0. The Bertz CT molecular complexity index is 1050. The second kappa shape index (κ2) is 17.5. The van der Waals surface area contributed by atoms with E-state index in [0.29, 0.717) is 12.8 Å². The average molecular weight is 677 g/mol. The first-order valence-corrected chi connectivity index (χ1v) is 16.3. The number of ether oxygens (including phenoxy) is 6. The summed E-state index contributed by atoms with van der Waals surface area (Å²) in [5.41, 5.74) is 1.48. The van der Waals surface area contributed by atoms with E-state index in [1.807, 2.05) is 0 Å². The van der Waals surface area contributed by atoms with Crippen molar-refractivity contribution in [3.63, 3.8) is 0 Å². The summed E-state index contributed by atoms with van der Waals surface area (Å²) in [5, 5.41) is 84.0. The molecule has 3 fully saturated rings. The van der Waals surface area contributed by atoms with Crippen LogP contribution in [0.15, 0.2) is 36.0 Å². The van der Waals surface area contributed by atoms with E-state index in [0.717, 1.165) is 12.8 Å². The van der Waals surface area contributed by atoms with Crippen molar-refractivity contribution < 1.29 is 69.3 Å². The SMILES string of the molecule is C=CC(C)(CC/C=C(\C)CCC=C(C)C)OC1OC(CO)C(O)C(O)C1OC1OC(C)C(OC2OC(C)C(O)C(O)C2O)C(O)C1O. The second-order valence-electron chi connectivity index (χ2n) is 13.3. The van der Waals surface area contributed by atoms with Crippen molar-refractivity contribution in [1.82, 2.24) is 0 Å². The molecule has 0 radical (unpaired) electrons. The fraction of sp³-hybridized carbons (Fsp3) is 0.818.